The Morgan fingerprint density at radius 3 is 2.23 bits per heavy atom. The smallest absolute Gasteiger partial charge is 0.378 e. The van der Waals surface area contributed by atoms with E-state index in [-0.39, 0.29) is 13.1 Å². The molecule has 0 aliphatic carbocycles. The third-order valence-electron chi connectivity index (χ3n) is 4.85. The van der Waals surface area contributed by atoms with Crippen molar-refractivity contribution in [2.24, 2.45) is 5.92 Å². The molecule has 0 unspecified atom stereocenters. The summed E-state index contributed by atoms with van der Waals surface area (Å²) in [6.07, 6.45) is -4.19. The van der Waals surface area contributed by atoms with Crippen molar-refractivity contribution in [1.82, 2.24) is 19.9 Å². The van der Waals surface area contributed by atoms with Crippen molar-refractivity contribution in [2.75, 3.05) is 49.2 Å². The summed E-state index contributed by atoms with van der Waals surface area (Å²) in [7, 11) is 0. The number of alkyl halides is 3. The fourth-order valence-electron chi connectivity index (χ4n) is 3.07. The van der Waals surface area contributed by atoms with Gasteiger partial charge in [0.05, 0.1) is 30.5 Å². The summed E-state index contributed by atoms with van der Waals surface area (Å²) in [5.41, 5.74) is 2.32. The van der Waals surface area contributed by atoms with E-state index in [2.05, 4.69) is 19.9 Å². The Morgan fingerprint density at radius 1 is 0.923 bits per heavy atom. The molecule has 2 aliphatic heterocycles. The molecule has 2 aromatic heterocycles. The first-order valence-electron chi connectivity index (χ1n) is 8.50. The molecule has 4 rings (SSSR count). The number of fused-ring (bicyclic) bond motifs is 1. The van der Waals surface area contributed by atoms with Gasteiger partial charge in [-0.15, -0.1) is 0 Å². The standard InChI is InChI=1S/C16H19F3N6O/c1-9-10(2)21-13-12(20-9)14(25-7-11(8-25)16(17,18)19)23-15(22-13)24-3-5-26-6-4-24/h11H,3-8H2,1-2H3. The zero-order chi connectivity index (χ0) is 18.5. The maximum Gasteiger partial charge on any atom is 0.395 e. The molecule has 2 aliphatic rings. The van der Waals surface area contributed by atoms with Crippen LogP contribution in [0, 0.1) is 19.8 Å². The van der Waals surface area contributed by atoms with Crippen LogP contribution in [0.15, 0.2) is 0 Å². The van der Waals surface area contributed by atoms with E-state index in [4.69, 9.17) is 4.74 Å². The van der Waals surface area contributed by atoms with Crippen molar-refractivity contribution in [2.45, 2.75) is 20.0 Å². The minimum atomic E-state index is -4.19. The van der Waals surface area contributed by atoms with Gasteiger partial charge >= 0.3 is 6.18 Å². The average molecular weight is 368 g/mol. The lowest BCUT2D eigenvalue weighted by Gasteiger charge is -2.41. The second-order valence-corrected chi connectivity index (χ2v) is 6.66. The number of nitrogens with zero attached hydrogens (tertiary/aromatic N) is 6. The lowest BCUT2D eigenvalue weighted by Crippen LogP contribution is -2.54. The molecule has 0 N–H and O–H groups in total. The second-order valence-electron chi connectivity index (χ2n) is 6.66. The highest BCUT2D eigenvalue weighted by molar-refractivity contribution is 5.85. The second kappa shape index (κ2) is 6.19. The van der Waals surface area contributed by atoms with Gasteiger partial charge in [-0.05, 0) is 13.8 Å². The van der Waals surface area contributed by atoms with E-state index in [1.165, 1.54) is 0 Å². The van der Waals surface area contributed by atoms with Crippen LogP contribution < -0.4 is 9.80 Å². The third kappa shape index (κ3) is 3.02. The number of aryl methyl sites for hydroxylation is 2. The predicted octanol–water partition coefficient (Wildman–Crippen LogP) is 1.87. The Balaban J connectivity index is 1.75. The molecule has 0 atom stereocenters. The van der Waals surface area contributed by atoms with Crippen LogP contribution >= 0.6 is 0 Å². The molecule has 0 bridgehead atoms. The minimum Gasteiger partial charge on any atom is -0.378 e. The first-order valence-corrected chi connectivity index (χ1v) is 8.50. The Hall–Kier alpha value is -2.23. The van der Waals surface area contributed by atoms with Crippen LogP contribution in [-0.4, -0.2) is 65.5 Å². The number of anilines is 2. The van der Waals surface area contributed by atoms with Gasteiger partial charge in [-0.2, -0.15) is 23.1 Å². The van der Waals surface area contributed by atoms with E-state index < -0.39 is 12.1 Å². The number of rotatable bonds is 2. The van der Waals surface area contributed by atoms with Gasteiger partial charge in [0.15, 0.2) is 17.0 Å². The largest absolute Gasteiger partial charge is 0.395 e. The molecule has 26 heavy (non-hydrogen) atoms. The topological polar surface area (TPSA) is 67.3 Å². The number of hydrogen-bond donors (Lipinski definition) is 0. The van der Waals surface area contributed by atoms with Crippen molar-refractivity contribution >= 4 is 22.9 Å². The van der Waals surface area contributed by atoms with Gasteiger partial charge in [0.25, 0.3) is 0 Å². The highest BCUT2D eigenvalue weighted by Crippen LogP contribution is 2.37. The molecule has 2 aromatic rings. The number of aromatic nitrogens is 4. The highest BCUT2D eigenvalue weighted by atomic mass is 19.4. The van der Waals surface area contributed by atoms with Crippen molar-refractivity contribution in [3.05, 3.63) is 11.4 Å². The number of hydrogen-bond acceptors (Lipinski definition) is 7. The van der Waals surface area contributed by atoms with Crippen LogP contribution in [0.25, 0.3) is 11.2 Å². The molecule has 0 amide bonds. The maximum absolute atomic E-state index is 12.9. The van der Waals surface area contributed by atoms with Gasteiger partial charge in [0.1, 0.15) is 0 Å². The van der Waals surface area contributed by atoms with Gasteiger partial charge in [0, 0.05) is 26.2 Å². The number of ether oxygens (including phenoxy) is 1. The monoisotopic (exact) mass is 368 g/mol. The quantitative estimate of drug-likeness (QED) is 0.802. The van der Waals surface area contributed by atoms with Crippen molar-refractivity contribution in [1.29, 1.82) is 0 Å². The molecular weight excluding hydrogens is 349 g/mol. The molecule has 2 saturated heterocycles. The summed E-state index contributed by atoms with van der Waals surface area (Å²) < 4.78 is 44.0. The maximum atomic E-state index is 12.9. The Labute approximate surface area is 148 Å². The van der Waals surface area contributed by atoms with E-state index in [1.54, 1.807) is 4.90 Å². The summed E-state index contributed by atoms with van der Waals surface area (Å²) in [6, 6.07) is 0. The minimum absolute atomic E-state index is 0.118. The van der Waals surface area contributed by atoms with Crippen molar-refractivity contribution < 1.29 is 17.9 Å². The van der Waals surface area contributed by atoms with Crippen LogP contribution in [0.5, 0.6) is 0 Å². The molecule has 0 saturated carbocycles. The summed E-state index contributed by atoms with van der Waals surface area (Å²) >= 11 is 0. The van der Waals surface area contributed by atoms with Gasteiger partial charge in [-0.1, -0.05) is 0 Å². The molecule has 0 radical (unpaired) electrons. The molecule has 0 aromatic carbocycles. The SMILES string of the molecule is Cc1nc2nc(N3CCOCC3)nc(N3CC(C(F)(F)F)C3)c2nc1C. The van der Waals surface area contributed by atoms with Gasteiger partial charge < -0.3 is 14.5 Å². The van der Waals surface area contributed by atoms with Gasteiger partial charge in [-0.25, -0.2) is 9.97 Å². The lowest BCUT2D eigenvalue weighted by molar-refractivity contribution is -0.180. The van der Waals surface area contributed by atoms with Crippen molar-refractivity contribution in [3.63, 3.8) is 0 Å². The van der Waals surface area contributed by atoms with Crippen LogP contribution in [0.2, 0.25) is 0 Å². The average Bonchev–Trinajstić information content (AvgIpc) is 2.54. The van der Waals surface area contributed by atoms with Gasteiger partial charge in [-0.3, -0.25) is 0 Å². The highest BCUT2D eigenvalue weighted by Gasteiger charge is 2.48. The zero-order valence-corrected chi connectivity index (χ0v) is 14.5. The summed E-state index contributed by atoms with van der Waals surface area (Å²) in [5.74, 6) is -0.449. The van der Waals surface area contributed by atoms with Crippen LogP contribution in [-0.2, 0) is 4.74 Å². The Bertz CT molecular complexity index is 831. The van der Waals surface area contributed by atoms with E-state index >= 15 is 0 Å². The van der Waals surface area contributed by atoms with Crippen LogP contribution in [0.1, 0.15) is 11.4 Å². The predicted molar refractivity (Wildman–Crippen MR) is 89.4 cm³/mol. The number of halogens is 3. The molecule has 140 valence electrons. The Kier molecular flexibility index (Phi) is 4.09. The molecule has 4 heterocycles. The molecular formula is C16H19F3N6O. The van der Waals surface area contributed by atoms with Crippen LogP contribution in [0.3, 0.4) is 0 Å². The number of morpholine rings is 1. The fourth-order valence-corrected chi connectivity index (χ4v) is 3.07. The summed E-state index contributed by atoms with van der Waals surface area (Å²) in [4.78, 5) is 21.6. The summed E-state index contributed by atoms with van der Waals surface area (Å²) in [6.45, 7) is 5.81. The van der Waals surface area contributed by atoms with Crippen molar-refractivity contribution in [3.8, 4) is 0 Å². The molecule has 10 heteroatoms. The Morgan fingerprint density at radius 2 is 1.58 bits per heavy atom. The zero-order valence-electron chi connectivity index (χ0n) is 14.5. The lowest BCUT2D eigenvalue weighted by atomic mass is 10.00. The first kappa shape index (κ1) is 17.2. The first-order chi connectivity index (χ1) is 12.3. The van der Waals surface area contributed by atoms with E-state index in [1.807, 2.05) is 18.7 Å². The molecule has 7 nitrogen and oxygen atoms in total. The normalized spacial score (nSPS) is 19.1. The summed E-state index contributed by atoms with van der Waals surface area (Å²) in [5, 5.41) is 0. The van der Waals surface area contributed by atoms with E-state index in [9.17, 15) is 13.2 Å². The third-order valence-corrected chi connectivity index (χ3v) is 4.85. The van der Waals surface area contributed by atoms with E-state index in [0.29, 0.717) is 49.2 Å². The van der Waals surface area contributed by atoms with Crippen LogP contribution in [0.4, 0.5) is 24.9 Å². The van der Waals surface area contributed by atoms with E-state index in [0.717, 1.165) is 11.4 Å². The van der Waals surface area contributed by atoms with Gasteiger partial charge in [0.2, 0.25) is 5.95 Å². The molecule has 2 fully saturated rings. The molecule has 0 spiro atoms. The fraction of sp³-hybridized carbons (Fsp3) is 0.625.